The third-order valence-corrected chi connectivity index (χ3v) is 7.67. The summed E-state index contributed by atoms with van der Waals surface area (Å²) in [5.74, 6) is -1.15. The van der Waals surface area contributed by atoms with Crippen molar-refractivity contribution in [1.82, 2.24) is 0 Å². The number of anilines is 3. The summed E-state index contributed by atoms with van der Waals surface area (Å²) in [6.45, 7) is 0. The quantitative estimate of drug-likeness (QED) is 0.549. The number of carbonyl (C=O) groups excluding carboxylic acids is 2. The van der Waals surface area contributed by atoms with Crippen molar-refractivity contribution in [2.75, 3.05) is 14.9 Å². The summed E-state index contributed by atoms with van der Waals surface area (Å²) in [6.07, 6.45) is -0.410. The molecule has 164 valence electrons. The van der Waals surface area contributed by atoms with E-state index in [1.54, 1.807) is 54.6 Å². The fourth-order valence-electron chi connectivity index (χ4n) is 3.43. The van der Waals surface area contributed by atoms with Gasteiger partial charge < -0.3 is 10.6 Å². The number of hydrogen-bond acceptors (Lipinski definition) is 4. The molecule has 3 aromatic carbocycles. The molecule has 0 radical (unpaired) electrons. The number of amides is 2. The van der Waals surface area contributed by atoms with E-state index >= 15 is 0 Å². The molecule has 0 spiro atoms. The Balaban J connectivity index is 1.77. The zero-order valence-corrected chi connectivity index (χ0v) is 18.8. The van der Waals surface area contributed by atoms with Crippen LogP contribution in [0.4, 0.5) is 17.1 Å². The molecule has 0 saturated heterocycles. The summed E-state index contributed by atoms with van der Waals surface area (Å²) in [7, 11) is -4.35. The molecule has 3 aromatic rings. The second-order valence-electron chi connectivity index (χ2n) is 6.99. The van der Waals surface area contributed by atoms with Gasteiger partial charge in [0.15, 0.2) is 0 Å². The van der Waals surface area contributed by atoms with Crippen LogP contribution >= 0.6 is 23.2 Å². The largest absolute Gasteiger partial charge is 0.326 e. The molecule has 0 fully saturated rings. The second-order valence-corrected chi connectivity index (χ2v) is 9.56. The Hall–Kier alpha value is -3.07. The van der Waals surface area contributed by atoms with Gasteiger partial charge in [-0.15, -0.1) is 0 Å². The fraction of sp³-hybridized carbons (Fsp3) is 0.0909. The number of para-hydroxylation sites is 3. The zero-order chi connectivity index (χ0) is 22.9. The predicted octanol–water partition coefficient (Wildman–Crippen LogP) is 4.54. The summed E-state index contributed by atoms with van der Waals surface area (Å²) < 4.78 is 28.3. The number of fused-ring (bicyclic) bond motifs is 1. The van der Waals surface area contributed by atoms with Crippen molar-refractivity contribution in [3.05, 3.63) is 82.8 Å². The number of hydrogen-bond donors (Lipinski definition) is 2. The molecule has 2 N–H and O–H groups in total. The molecule has 0 aliphatic carbocycles. The molecule has 4 rings (SSSR count). The number of nitrogens with zero attached hydrogens (tertiary/aromatic N) is 1. The van der Waals surface area contributed by atoms with Crippen LogP contribution in [0, 0.1) is 0 Å². The number of rotatable bonds is 5. The Morgan fingerprint density at radius 2 is 1.66 bits per heavy atom. The SMILES string of the molecule is O=C(C[C@@H]1C(=O)Nc2ccccc2N1S(=O)(=O)c1cccc(Cl)c1Cl)Nc1ccccc1. The lowest BCUT2D eigenvalue weighted by molar-refractivity contribution is -0.122. The molecule has 0 bridgehead atoms. The van der Waals surface area contributed by atoms with Crippen molar-refractivity contribution in [3.63, 3.8) is 0 Å². The standard InChI is InChI=1S/C22H17Cl2N3O4S/c23-15-9-6-12-19(21(15)24)32(30,31)27-17-11-5-4-10-16(17)26-22(29)18(27)13-20(28)25-14-7-2-1-3-8-14/h1-12,18H,13H2,(H,25,28)(H,26,29)/t18-/m1/s1. The summed E-state index contributed by atoms with van der Waals surface area (Å²) in [6, 6.07) is 18.0. The molecule has 10 heteroatoms. The van der Waals surface area contributed by atoms with Crippen molar-refractivity contribution in [2.24, 2.45) is 0 Å². The average molecular weight is 490 g/mol. The van der Waals surface area contributed by atoms with E-state index in [1.165, 1.54) is 18.2 Å². The highest BCUT2D eigenvalue weighted by Gasteiger charge is 2.42. The Kier molecular flexibility index (Phi) is 6.10. The van der Waals surface area contributed by atoms with Crippen LogP contribution in [0.1, 0.15) is 6.42 Å². The van der Waals surface area contributed by atoms with Gasteiger partial charge >= 0.3 is 0 Å². The van der Waals surface area contributed by atoms with E-state index in [0.29, 0.717) is 11.4 Å². The molecule has 32 heavy (non-hydrogen) atoms. The van der Waals surface area contributed by atoms with Crippen molar-refractivity contribution in [3.8, 4) is 0 Å². The van der Waals surface area contributed by atoms with Gasteiger partial charge in [-0.2, -0.15) is 0 Å². The number of carbonyl (C=O) groups is 2. The third-order valence-electron chi connectivity index (χ3n) is 4.87. The second kappa shape index (κ2) is 8.82. The van der Waals surface area contributed by atoms with Crippen LogP contribution in [0.15, 0.2) is 77.7 Å². The first kappa shape index (κ1) is 22.1. The maximum atomic E-state index is 13.7. The zero-order valence-electron chi connectivity index (χ0n) is 16.5. The number of benzene rings is 3. The number of nitrogens with one attached hydrogen (secondary N) is 2. The molecule has 0 saturated carbocycles. The first-order chi connectivity index (χ1) is 15.3. The lowest BCUT2D eigenvalue weighted by Gasteiger charge is -2.36. The van der Waals surface area contributed by atoms with E-state index in [9.17, 15) is 18.0 Å². The molecule has 1 atom stereocenters. The van der Waals surface area contributed by atoms with Crippen molar-refractivity contribution in [2.45, 2.75) is 17.4 Å². The summed E-state index contributed by atoms with van der Waals surface area (Å²) in [4.78, 5) is 25.4. The van der Waals surface area contributed by atoms with Gasteiger partial charge in [0.1, 0.15) is 10.9 Å². The molecular weight excluding hydrogens is 473 g/mol. The molecule has 1 heterocycles. The topological polar surface area (TPSA) is 95.6 Å². The van der Waals surface area contributed by atoms with Crippen molar-refractivity contribution >= 4 is 62.1 Å². The Labute approximate surface area is 195 Å². The molecule has 0 unspecified atom stereocenters. The van der Waals surface area contributed by atoms with Gasteiger partial charge in [-0.25, -0.2) is 8.42 Å². The first-order valence-corrected chi connectivity index (χ1v) is 11.7. The Morgan fingerprint density at radius 3 is 2.41 bits per heavy atom. The molecule has 7 nitrogen and oxygen atoms in total. The van der Waals surface area contributed by atoms with Crippen molar-refractivity contribution in [1.29, 1.82) is 0 Å². The number of halogens is 2. The van der Waals surface area contributed by atoms with Gasteiger partial charge in [0.05, 0.1) is 27.8 Å². The van der Waals surface area contributed by atoms with Crippen LogP contribution in [0.2, 0.25) is 10.0 Å². The normalized spacial score (nSPS) is 15.6. The first-order valence-electron chi connectivity index (χ1n) is 9.52. The van der Waals surface area contributed by atoms with Crippen LogP contribution < -0.4 is 14.9 Å². The molecule has 2 amide bonds. The van der Waals surface area contributed by atoms with Gasteiger partial charge in [-0.05, 0) is 36.4 Å². The Bertz CT molecular complexity index is 1300. The molecule has 0 aromatic heterocycles. The highest BCUT2D eigenvalue weighted by atomic mass is 35.5. The van der Waals surface area contributed by atoms with Crippen LogP contribution in [-0.2, 0) is 19.6 Å². The molecule has 1 aliphatic heterocycles. The van der Waals surface area contributed by atoms with Crippen molar-refractivity contribution < 1.29 is 18.0 Å². The van der Waals surface area contributed by atoms with E-state index < -0.39 is 34.3 Å². The lowest BCUT2D eigenvalue weighted by atomic mass is 10.1. The summed E-state index contributed by atoms with van der Waals surface area (Å²) in [5.41, 5.74) is 1.06. The van der Waals surface area contributed by atoms with Gasteiger partial charge in [0.25, 0.3) is 10.0 Å². The fourth-order valence-corrected chi connectivity index (χ4v) is 5.80. The number of sulfonamides is 1. The minimum absolute atomic E-state index is 0.0564. The maximum Gasteiger partial charge on any atom is 0.266 e. The van der Waals surface area contributed by atoms with E-state index in [-0.39, 0.29) is 20.6 Å². The highest BCUT2D eigenvalue weighted by molar-refractivity contribution is 7.93. The van der Waals surface area contributed by atoms with Gasteiger partial charge in [0, 0.05) is 5.69 Å². The maximum absolute atomic E-state index is 13.7. The minimum atomic E-state index is -4.35. The predicted molar refractivity (Wildman–Crippen MR) is 125 cm³/mol. The van der Waals surface area contributed by atoms with E-state index in [0.717, 1.165) is 4.31 Å². The molecular formula is C22H17Cl2N3O4S. The smallest absolute Gasteiger partial charge is 0.266 e. The van der Waals surface area contributed by atoms with E-state index in [1.807, 2.05) is 0 Å². The van der Waals surface area contributed by atoms with Gasteiger partial charge in [-0.1, -0.05) is 59.6 Å². The van der Waals surface area contributed by atoms with Crippen LogP contribution in [0.5, 0.6) is 0 Å². The van der Waals surface area contributed by atoms with E-state index in [4.69, 9.17) is 23.2 Å². The average Bonchev–Trinajstić information content (AvgIpc) is 2.76. The monoisotopic (exact) mass is 489 g/mol. The summed E-state index contributed by atoms with van der Waals surface area (Å²) >= 11 is 12.2. The van der Waals surface area contributed by atoms with Crippen LogP contribution in [0.25, 0.3) is 0 Å². The molecule has 1 aliphatic rings. The Morgan fingerprint density at radius 1 is 0.969 bits per heavy atom. The van der Waals surface area contributed by atoms with Gasteiger partial charge in [0.2, 0.25) is 11.8 Å². The van der Waals surface area contributed by atoms with E-state index in [2.05, 4.69) is 10.6 Å². The minimum Gasteiger partial charge on any atom is -0.326 e. The van der Waals surface area contributed by atoms with Crippen LogP contribution in [-0.4, -0.2) is 26.3 Å². The van der Waals surface area contributed by atoms with Gasteiger partial charge in [-0.3, -0.25) is 13.9 Å². The lowest BCUT2D eigenvalue weighted by Crippen LogP contribution is -2.52. The van der Waals surface area contributed by atoms with Crippen LogP contribution in [0.3, 0.4) is 0 Å². The third kappa shape index (κ3) is 4.17. The highest BCUT2D eigenvalue weighted by Crippen LogP contribution is 2.39. The summed E-state index contributed by atoms with van der Waals surface area (Å²) in [5, 5.41) is 5.25.